The predicted molar refractivity (Wildman–Crippen MR) is 156 cm³/mol. The van der Waals surface area contributed by atoms with Crippen LogP contribution in [0.25, 0.3) is 0 Å². The van der Waals surface area contributed by atoms with E-state index in [-0.39, 0.29) is 18.2 Å². The minimum Gasteiger partial charge on any atom is -0.508 e. The van der Waals surface area contributed by atoms with E-state index in [4.69, 9.17) is 10.5 Å². The highest BCUT2D eigenvalue weighted by atomic mass is 16.6. The number of amides is 4. The second kappa shape index (κ2) is 17.4. The zero-order valence-electron chi connectivity index (χ0n) is 25.2. The summed E-state index contributed by atoms with van der Waals surface area (Å²) in [5.74, 6) is -1.70. The minimum atomic E-state index is -1.32. The number of phenolic OH excluding ortho intramolecular Hbond substituents is 1. The molecule has 0 aliphatic rings. The van der Waals surface area contributed by atoms with Crippen LogP contribution in [-0.2, 0) is 19.1 Å². The number of unbranched alkanes of at least 4 members (excludes halogenated alkanes) is 6. The summed E-state index contributed by atoms with van der Waals surface area (Å²) in [6.07, 6.45) is 5.96. The number of carbonyl (C=O) groups excluding carboxylic acids is 4. The lowest BCUT2D eigenvalue weighted by Gasteiger charge is -2.34. The monoisotopic (exact) mass is 562 g/mol. The molecule has 4 amide bonds. The number of nitrogens with zero attached hydrogens (tertiary/aromatic N) is 1. The number of aromatic hydroxyl groups is 1. The van der Waals surface area contributed by atoms with Crippen LogP contribution < -0.4 is 16.4 Å². The van der Waals surface area contributed by atoms with Gasteiger partial charge in [0.2, 0.25) is 17.7 Å². The molecule has 2 atom stereocenters. The Kier molecular flexibility index (Phi) is 15.1. The average Bonchev–Trinajstić information content (AvgIpc) is 2.85. The molecule has 226 valence electrons. The number of hydrogen-bond donors (Lipinski definition) is 4. The third kappa shape index (κ3) is 12.7. The number of benzene rings is 1. The Bertz CT molecular complexity index is 975. The van der Waals surface area contributed by atoms with E-state index in [0.717, 1.165) is 44.9 Å². The molecule has 40 heavy (non-hydrogen) atoms. The van der Waals surface area contributed by atoms with Crippen LogP contribution in [0.15, 0.2) is 18.2 Å². The summed E-state index contributed by atoms with van der Waals surface area (Å²) in [5, 5.41) is 15.6. The zero-order chi connectivity index (χ0) is 30.3. The molecule has 0 aliphatic heterocycles. The van der Waals surface area contributed by atoms with Crippen molar-refractivity contribution in [2.75, 3.05) is 13.1 Å². The van der Waals surface area contributed by atoms with Gasteiger partial charge in [0, 0.05) is 13.1 Å². The van der Waals surface area contributed by atoms with Gasteiger partial charge >= 0.3 is 6.09 Å². The van der Waals surface area contributed by atoms with Crippen molar-refractivity contribution >= 4 is 23.8 Å². The predicted octanol–water partition coefficient (Wildman–Crippen LogP) is 4.62. The van der Waals surface area contributed by atoms with E-state index in [1.54, 1.807) is 39.8 Å². The number of hydrogen-bond acceptors (Lipinski definition) is 6. The molecule has 0 saturated carbocycles. The van der Waals surface area contributed by atoms with Gasteiger partial charge in [-0.15, -0.1) is 0 Å². The summed E-state index contributed by atoms with van der Waals surface area (Å²) in [6.45, 7) is 11.6. The van der Waals surface area contributed by atoms with Crippen molar-refractivity contribution in [3.8, 4) is 5.75 Å². The molecule has 5 N–H and O–H groups in total. The van der Waals surface area contributed by atoms with Gasteiger partial charge in [-0.3, -0.25) is 14.4 Å². The lowest BCUT2D eigenvalue weighted by Crippen LogP contribution is -2.54. The number of nitrogens with two attached hydrogens (primary N) is 1. The van der Waals surface area contributed by atoms with Crippen LogP contribution in [-0.4, -0.2) is 58.6 Å². The van der Waals surface area contributed by atoms with Gasteiger partial charge in [-0.1, -0.05) is 58.4 Å². The van der Waals surface area contributed by atoms with Crippen LogP contribution in [0.3, 0.4) is 0 Å². The smallest absolute Gasteiger partial charge is 0.408 e. The standard InChI is InChI=1S/C30H50N4O6/c1-7-9-11-12-14-18-34(28(38)23(20-25(31)36)33-29(39)40-30(4,5)6)26(27(37)32-17-13-10-8-2)22-15-16-24(35)21(3)19-22/h15-16,19,23,26,35H,7-14,17-18,20H2,1-6H3,(H2,31,36)(H,32,37)(H,33,39). The van der Waals surface area contributed by atoms with Gasteiger partial charge in [0.25, 0.3) is 0 Å². The summed E-state index contributed by atoms with van der Waals surface area (Å²) in [5.41, 5.74) is 5.70. The molecule has 0 fully saturated rings. The van der Waals surface area contributed by atoms with Crippen LogP contribution in [0.5, 0.6) is 5.75 Å². The molecule has 1 aromatic carbocycles. The van der Waals surface area contributed by atoms with E-state index in [2.05, 4.69) is 24.5 Å². The molecule has 0 saturated heterocycles. The number of aryl methyl sites for hydroxylation is 1. The van der Waals surface area contributed by atoms with Crippen molar-refractivity contribution in [2.24, 2.45) is 5.73 Å². The third-order valence-electron chi connectivity index (χ3n) is 6.36. The highest BCUT2D eigenvalue weighted by Gasteiger charge is 2.36. The number of rotatable bonds is 17. The molecular formula is C30H50N4O6. The topological polar surface area (TPSA) is 151 Å². The SMILES string of the molecule is CCCCCCCN(C(=O)C(CC(N)=O)NC(=O)OC(C)(C)C)C(C(=O)NCCCCC)c1ccc(O)c(C)c1. The maximum absolute atomic E-state index is 14.1. The minimum absolute atomic E-state index is 0.0708. The summed E-state index contributed by atoms with van der Waals surface area (Å²) >= 11 is 0. The maximum Gasteiger partial charge on any atom is 0.408 e. The van der Waals surface area contributed by atoms with Crippen LogP contribution in [0, 0.1) is 6.92 Å². The van der Waals surface area contributed by atoms with Gasteiger partial charge in [0.1, 0.15) is 23.4 Å². The maximum atomic E-state index is 14.1. The molecule has 10 nitrogen and oxygen atoms in total. The first kappa shape index (κ1) is 34.7. The van der Waals surface area contributed by atoms with E-state index in [9.17, 15) is 24.3 Å². The van der Waals surface area contributed by atoms with E-state index in [1.165, 1.54) is 11.0 Å². The largest absolute Gasteiger partial charge is 0.508 e. The summed E-state index contributed by atoms with van der Waals surface area (Å²) in [7, 11) is 0. The van der Waals surface area contributed by atoms with Gasteiger partial charge in [0.05, 0.1) is 6.42 Å². The molecule has 0 aromatic heterocycles. The number of ether oxygens (including phenoxy) is 1. The van der Waals surface area contributed by atoms with Gasteiger partial charge in [-0.25, -0.2) is 4.79 Å². The summed E-state index contributed by atoms with van der Waals surface area (Å²) in [6, 6.07) is 2.41. The van der Waals surface area contributed by atoms with Gasteiger partial charge < -0.3 is 31.1 Å². The van der Waals surface area contributed by atoms with E-state index < -0.39 is 42.0 Å². The Morgan fingerprint density at radius 3 is 2.20 bits per heavy atom. The van der Waals surface area contributed by atoms with Crippen molar-refractivity contribution in [1.29, 1.82) is 0 Å². The van der Waals surface area contributed by atoms with E-state index >= 15 is 0 Å². The first-order valence-electron chi connectivity index (χ1n) is 14.5. The number of carbonyl (C=O) groups is 4. The van der Waals surface area contributed by atoms with Crippen molar-refractivity contribution in [2.45, 2.75) is 117 Å². The Morgan fingerprint density at radius 2 is 1.62 bits per heavy atom. The molecule has 0 aliphatic carbocycles. The molecule has 1 aromatic rings. The molecule has 2 unspecified atom stereocenters. The fourth-order valence-electron chi connectivity index (χ4n) is 4.31. The van der Waals surface area contributed by atoms with E-state index in [1.807, 2.05) is 0 Å². The highest BCUT2D eigenvalue weighted by molar-refractivity contribution is 5.94. The zero-order valence-corrected chi connectivity index (χ0v) is 25.2. The third-order valence-corrected chi connectivity index (χ3v) is 6.36. The second-order valence-electron chi connectivity index (χ2n) is 11.3. The lowest BCUT2D eigenvalue weighted by atomic mass is 9.99. The Labute approximate surface area is 239 Å². The van der Waals surface area contributed by atoms with Crippen LogP contribution >= 0.6 is 0 Å². The first-order chi connectivity index (χ1) is 18.8. The Balaban J connectivity index is 3.49. The van der Waals surface area contributed by atoms with Gasteiger partial charge in [-0.05, 0) is 63.8 Å². The molecule has 0 radical (unpaired) electrons. The average molecular weight is 563 g/mol. The number of alkyl carbamates (subject to hydrolysis) is 1. The molecule has 0 bridgehead atoms. The molecular weight excluding hydrogens is 512 g/mol. The van der Waals surface area contributed by atoms with Crippen molar-refractivity contribution in [3.63, 3.8) is 0 Å². The molecule has 10 heteroatoms. The Hall–Kier alpha value is -3.30. The fourth-order valence-corrected chi connectivity index (χ4v) is 4.31. The van der Waals surface area contributed by atoms with E-state index in [0.29, 0.717) is 24.1 Å². The highest BCUT2D eigenvalue weighted by Crippen LogP contribution is 2.28. The Morgan fingerprint density at radius 1 is 1.00 bits per heavy atom. The molecule has 1 rings (SSSR count). The number of nitrogens with one attached hydrogen (secondary N) is 2. The molecule has 0 heterocycles. The number of phenols is 1. The van der Waals surface area contributed by atoms with Crippen LogP contribution in [0.4, 0.5) is 4.79 Å². The first-order valence-corrected chi connectivity index (χ1v) is 14.5. The second-order valence-corrected chi connectivity index (χ2v) is 11.3. The fraction of sp³-hybridized carbons (Fsp3) is 0.667. The van der Waals surface area contributed by atoms with Crippen molar-refractivity contribution in [3.05, 3.63) is 29.3 Å². The van der Waals surface area contributed by atoms with Gasteiger partial charge in [0.15, 0.2) is 0 Å². The van der Waals surface area contributed by atoms with Crippen molar-refractivity contribution in [1.82, 2.24) is 15.5 Å². The summed E-state index contributed by atoms with van der Waals surface area (Å²) in [4.78, 5) is 53.7. The quantitative estimate of drug-likeness (QED) is 0.204. The van der Waals surface area contributed by atoms with Crippen molar-refractivity contribution < 1.29 is 29.0 Å². The van der Waals surface area contributed by atoms with Crippen LogP contribution in [0.2, 0.25) is 0 Å². The normalized spacial score (nSPS) is 12.8. The molecule has 0 spiro atoms. The lowest BCUT2D eigenvalue weighted by molar-refractivity contribution is -0.143. The van der Waals surface area contributed by atoms with Crippen LogP contribution in [0.1, 0.15) is 110 Å². The summed E-state index contributed by atoms with van der Waals surface area (Å²) < 4.78 is 5.32. The number of primary amides is 1. The van der Waals surface area contributed by atoms with Gasteiger partial charge in [-0.2, -0.15) is 0 Å².